The van der Waals surface area contributed by atoms with Gasteiger partial charge in [-0.3, -0.25) is 4.79 Å². The van der Waals surface area contributed by atoms with E-state index in [1.165, 1.54) is 0 Å². The second kappa shape index (κ2) is 5.76. The predicted molar refractivity (Wildman–Crippen MR) is 73.8 cm³/mol. The summed E-state index contributed by atoms with van der Waals surface area (Å²) in [7, 11) is 0. The van der Waals surface area contributed by atoms with Crippen molar-refractivity contribution < 1.29 is 9.90 Å². The number of hydrogen-bond acceptors (Lipinski definition) is 3. The van der Waals surface area contributed by atoms with Gasteiger partial charge in [0, 0.05) is 11.4 Å². The molecule has 0 saturated carbocycles. The van der Waals surface area contributed by atoms with Crippen molar-refractivity contribution in [2.75, 3.05) is 13.2 Å². The number of carbonyl (C=O) groups excluding carboxylic acids is 1. The second-order valence-electron chi connectivity index (χ2n) is 4.95. The summed E-state index contributed by atoms with van der Waals surface area (Å²) in [6.45, 7) is 2.90. The highest BCUT2D eigenvalue weighted by molar-refractivity contribution is 7.80. The Morgan fingerprint density at radius 1 is 1.44 bits per heavy atom. The van der Waals surface area contributed by atoms with Crippen molar-refractivity contribution in [1.29, 1.82) is 0 Å². The van der Waals surface area contributed by atoms with Crippen LogP contribution in [0.4, 0.5) is 0 Å². The van der Waals surface area contributed by atoms with Gasteiger partial charge < -0.3 is 10.0 Å². The number of aliphatic hydroxyl groups is 1. The minimum Gasteiger partial charge on any atom is -0.394 e. The molecule has 1 N–H and O–H groups in total. The Bertz CT molecular complexity index is 418. The first-order valence-corrected chi connectivity index (χ1v) is 6.74. The van der Waals surface area contributed by atoms with E-state index < -0.39 is 0 Å². The van der Waals surface area contributed by atoms with Crippen LogP contribution >= 0.6 is 12.6 Å². The van der Waals surface area contributed by atoms with Gasteiger partial charge in [0.15, 0.2) is 0 Å². The first-order valence-electron chi connectivity index (χ1n) is 6.30. The summed E-state index contributed by atoms with van der Waals surface area (Å²) in [4.78, 5) is 14.9. The van der Waals surface area contributed by atoms with E-state index in [0.717, 1.165) is 23.4 Å². The van der Waals surface area contributed by atoms with E-state index in [0.29, 0.717) is 12.3 Å². The van der Waals surface area contributed by atoms with E-state index in [4.69, 9.17) is 0 Å². The third kappa shape index (κ3) is 2.87. The first kappa shape index (κ1) is 13.4. The summed E-state index contributed by atoms with van der Waals surface area (Å²) in [5.74, 6) is 0.490. The Morgan fingerprint density at radius 3 is 2.72 bits per heavy atom. The lowest BCUT2D eigenvalue weighted by atomic mass is 10.0. The number of thiol groups is 1. The number of hydrogen-bond donors (Lipinski definition) is 2. The zero-order valence-electron chi connectivity index (χ0n) is 10.5. The van der Waals surface area contributed by atoms with Crippen molar-refractivity contribution in [2.45, 2.75) is 30.7 Å². The van der Waals surface area contributed by atoms with Gasteiger partial charge in [-0.2, -0.15) is 0 Å². The molecule has 1 aromatic rings. The van der Waals surface area contributed by atoms with E-state index in [-0.39, 0.29) is 18.6 Å². The highest BCUT2D eigenvalue weighted by Crippen LogP contribution is 2.24. The van der Waals surface area contributed by atoms with Gasteiger partial charge in [0.25, 0.3) is 0 Å². The molecule has 0 spiro atoms. The van der Waals surface area contributed by atoms with Gasteiger partial charge in [-0.15, -0.1) is 12.6 Å². The van der Waals surface area contributed by atoms with Gasteiger partial charge in [-0.25, -0.2) is 0 Å². The Morgan fingerprint density at radius 2 is 2.11 bits per heavy atom. The van der Waals surface area contributed by atoms with Gasteiger partial charge in [0.2, 0.25) is 5.91 Å². The fourth-order valence-corrected chi connectivity index (χ4v) is 2.64. The summed E-state index contributed by atoms with van der Waals surface area (Å²) < 4.78 is 0. The van der Waals surface area contributed by atoms with Gasteiger partial charge in [0.05, 0.1) is 19.1 Å². The molecule has 1 amide bonds. The number of aliphatic hydroxyl groups excluding tert-OH is 1. The van der Waals surface area contributed by atoms with Crippen molar-refractivity contribution >= 4 is 18.5 Å². The minimum absolute atomic E-state index is 0.0124. The number of carbonyl (C=O) groups is 1. The van der Waals surface area contributed by atoms with Crippen LogP contribution in [0.5, 0.6) is 0 Å². The van der Waals surface area contributed by atoms with Crippen molar-refractivity contribution in [3.63, 3.8) is 0 Å². The molecule has 1 heterocycles. The largest absolute Gasteiger partial charge is 0.394 e. The predicted octanol–water partition coefficient (Wildman–Crippen LogP) is 1.75. The van der Waals surface area contributed by atoms with Gasteiger partial charge in [-0.1, -0.05) is 19.1 Å². The minimum atomic E-state index is -0.0124. The highest BCUT2D eigenvalue weighted by atomic mass is 32.1. The SMILES string of the molecule is CC1CCN(C(=O)Cc2ccc(S)cc2)C1CO. The molecule has 0 radical (unpaired) electrons. The first-order chi connectivity index (χ1) is 8.61. The zero-order chi connectivity index (χ0) is 13.1. The maximum absolute atomic E-state index is 12.2. The molecule has 4 heteroatoms. The molecule has 18 heavy (non-hydrogen) atoms. The number of nitrogens with zero attached hydrogens (tertiary/aromatic N) is 1. The lowest BCUT2D eigenvalue weighted by Crippen LogP contribution is -2.40. The van der Waals surface area contributed by atoms with Gasteiger partial charge in [0.1, 0.15) is 0 Å². The Hall–Kier alpha value is -1.00. The molecule has 1 aliphatic heterocycles. The summed E-state index contributed by atoms with van der Waals surface area (Å²) in [5, 5.41) is 9.35. The van der Waals surface area contributed by atoms with Crippen LogP contribution in [-0.2, 0) is 11.2 Å². The molecule has 1 aliphatic rings. The van der Waals surface area contributed by atoms with Crippen LogP contribution in [0.25, 0.3) is 0 Å². The molecule has 0 aliphatic carbocycles. The highest BCUT2D eigenvalue weighted by Gasteiger charge is 2.33. The van der Waals surface area contributed by atoms with Crippen LogP contribution in [0.2, 0.25) is 0 Å². The molecule has 1 aromatic carbocycles. The third-order valence-electron chi connectivity index (χ3n) is 3.68. The van der Waals surface area contributed by atoms with Crippen LogP contribution in [-0.4, -0.2) is 35.1 Å². The summed E-state index contributed by atoms with van der Waals surface area (Å²) in [5.41, 5.74) is 0.994. The van der Waals surface area contributed by atoms with Crippen molar-refractivity contribution in [1.82, 2.24) is 4.90 Å². The molecule has 98 valence electrons. The number of amides is 1. The molecule has 2 unspecified atom stereocenters. The Balaban J connectivity index is 2.01. The summed E-state index contributed by atoms with van der Waals surface area (Å²) >= 11 is 4.22. The Kier molecular flexibility index (Phi) is 4.30. The zero-order valence-corrected chi connectivity index (χ0v) is 11.4. The average Bonchev–Trinajstić information content (AvgIpc) is 2.73. The van der Waals surface area contributed by atoms with Crippen molar-refractivity contribution in [2.24, 2.45) is 5.92 Å². The topological polar surface area (TPSA) is 40.5 Å². The third-order valence-corrected chi connectivity index (χ3v) is 3.98. The normalized spacial score (nSPS) is 23.4. The van der Waals surface area contributed by atoms with Crippen LogP contribution in [0.1, 0.15) is 18.9 Å². The fraction of sp³-hybridized carbons (Fsp3) is 0.500. The standard InChI is InChI=1S/C14H19NO2S/c1-10-6-7-15(13(10)9-16)14(17)8-11-2-4-12(18)5-3-11/h2-5,10,13,16,18H,6-9H2,1H3. The molecule has 0 aromatic heterocycles. The summed E-state index contributed by atoms with van der Waals surface area (Å²) in [6, 6.07) is 7.62. The van der Waals surface area contributed by atoms with E-state index in [1.807, 2.05) is 29.2 Å². The molecule has 1 fully saturated rings. The molecule has 0 bridgehead atoms. The maximum Gasteiger partial charge on any atom is 0.227 e. The monoisotopic (exact) mass is 265 g/mol. The molecule has 2 rings (SSSR count). The molecular formula is C14H19NO2S. The van der Waals surface area contributed by atoms with E-state index in [1.54, 1.807) is 0 Å². The fourth-order valence-electron chi connectivity index (χ4n) is 2.49. The van der Waals surface area contributed by atoms with E-state index >= 15 is 0 Å². The smallest absolute Gasteiger partial charge is 0.227 e. The van der Waals surface area contributed by atoms with Crippen molar-refractivity contribution in [3.8, 4) is 0 Å². The lowest BCUT2D eigenvalue weighted by molar-refractivity contribution is -0.132. The van der Waals surface area contributed by atoms with Crippen molar-refractivity contribution in [3.05, 3.63) is 29.8 Å². The van der Waals surface area contributed by atoms with Crippen LogP contribution < -0.4 is 0 Å². The van der Waals surface area contributed by atoms with Gasteiger partial charge >= 0.3 is 0 Å². The van der Waals surface area contributed by atoms with Crippen LogP contribution in [0.3, 0.4) is 0 Å². The lowest BCUT2D eigenvalue weighted by Gasteiger charge is -2.25. The molecular weight excluding hydrogens is 246 g/mol. The second-order valence-corrected chi connectivity index (χ2v) is 5.46. The van der Waals surface area contributed by atoms with Crippen LogP contribution in [0, 0.1) is 5.92 Å². The molecule has 2 atom stereocenters. The number of benzene rings is 1. The summed E-state index contributed by atoms with van der Waals surface area (Å²) in [6.07, 6.45) is 1.38. The number of rotatable bonds is 3. The average molecular weight is 265 g/mol. The maximum atomic E-state index is 12.2. The molecule has 1 saturated heterocycles. The number of likely N-dealkylation sites (tertiary alicyclic amines) is 1. The van der Waals surface area contributed by atoms with E-state index in [9.17, 15) is 9.90 Å². The van der Waals surface area contributed by atoms with Gasteiger partial charge in [-0.05, 0) is 30.0 Å². The van der Waals surface area contributed by atoms with E-state index in [2.05, 4.69) is 19.6 Å². The molecule has 3 nitrogen and oxygen atoms in total. The Labute approximate surface area is 113 Å². The quantitative estimate of drug-likeness (QED) is 0.817. The van der Waals surface area contributed by atoms with Crippen LogP contribution in [0.15, 0.2) is 29.2 Å².